The van der Waals surface area contributed by atoms with E-state index in [2.05, 4.69) is 34.1 Å². The summed E-state index contributed by atoms with van der Waals surface area (Å²) in [6.45, 7) is 7.96. The van der Waals surface area contributed by atoms with Gasteiger partial charge in [-0.25, -0.2) is 18.4 Å². The molecule has 0 fully saturated rings. The average Bonchev–Trinajstić information content (AvgIpc) is 2.81. The van der Waals surface area contributed by atoms with Gasteiger partial charge in [-0.05, 0) is 48.4 Å². The van der Waals surface area contributed by atoms with Crippen LogP contribution in [0.1, 0.15) is 57.4 Å². The maximum Gasteiger partial charge on any atom is 0.201 e. The minimum atomic E-state index is -3.36. The van der Waals surface area contributed by atoms with Crippen molar-refractivity contribution in [3.8, 4) is 0 Å². The number of hydrogen-bond donors (Lipinski definition) is 1. The molecule has 0 spiro atoms. The number of aliphatic imine (C=N–C) groups is 1. The standard InChI is InChI=1S/C24H31ClN4O3S/c1-5-15(4)18-9-10-19-20(12-17(6-2)23(25)28-19)29-24(22(18)30)27-14-16-8-11-21(26-13-16)33(31,32)7-3/h8,11-13,15,18H,5-7,9-10,14H2,1-4H3,(H,27,29). The van der Waals surface area contributed by atoms with Gasteiger partial charge in [-0.3, -0.25) is 9.79 Å². The van der Waals surface area contributed by atoms with Crippen LogP contribution in [0.2, 0.25) is 5.15 Å². The number of anilines is 1. The zero-order valence-corrected chi connectivity index (χ0v) is 21.1. The minimum absolute atomic E-state index is 0.00567. The van der Waals surface area contributed by atoms with Crippen LogP contribution in [0.15, 0.2) is 34.4 Å². The number of sulfone groups is 1. The Hall–Kier alpha value is -2.32. The number of amidine groups is 1. The number of hydrogen-bond acceptors (Lipinski definition) is 6. The van der Waals surface area contributed by atoms with E-state index in [1.54, 1.807) is 13.0 Å². The molecular formula is C24H31ClN4O3S. The third-order valence-corrected chi connectivity index (χ3v) is 8.24. The Balaban J connectivity index is 1.95. The first-order valence-electron chi connectivity index (χ1n) is 11.4. The van der Waals surface area contributed by atoms with Crippen molar-refractivity contribution in [1.29, 1.82) is 0 Å². The zero-order chi connectivity index (χ0) is 24.2. The number of nitrogens with one attached hydrogen (secondary N) is 1. The number of nitrogens with zero attached hydrogens (tertiary/aromatic N) is 3. The second kappa shape index (κ2) is 10.7. The summed E-state index contributed by atoms with van der Waals surface area (Å²) in [4.78, 5) is 26.7. The Kier molecular flexibility index (Phi) is 8.23. The molecule has 1 N–H and O–H groups in total. The maximum absolute atomic E-state index is 13.4. The first kappa shape index (κ1) is 25.3. The Morgan fingerprint density at radius 1 is 1.27 bits per heavy atom. The van der Waals surface area contributed by atoms with Crippen LogP contribution in [0.3, 0.4) is 0 Å². The lowest BCUT2D eigenvalue weighted by Gasteiger charge is -2.26. The molecule has 0 bridgehead atoms. The molecular weight excluding hydrogens is 460 g/mol. The van der Waals surface area contributed by atoms with Crippen LogP contribution in [0.5, 0.6) is 0 Å². The van der Waals surface area contributed by atoms with Crippen molar-refractivity contribution in [2.45, 2.75) is 64.9 Å². The van der Waals surface area contributed by atoms with Gasteiger partial charge >= 0.3 is 0 Å². The fourth-order valence-corrected chi connectivity index (χ4v) is 4.93. The second-order valence-electron chi connectivity index (χ2n) is 8.38. The molecule has 2 aromatic rings. The van der Waals surface area contributed by atoms with E-state index < -0.39 is 9.84 Å². The Bertz CT molecular complexity index is 1150. The number of carbonyl (C=O) groups is 1. The third kappa shape index (κ3) is 5.79. The van der Waals surface area contributed by atoms with Gasteiger partial charge in [-0.1, -0.05) is 51.8 Å². The molecule has 1 aliphatic heterocycles. The molecule has 9 heteroatoms. The van der Waals surface area contributed by atoms with E-state index in [4.69, 9.17) is 11.6 Å². The first-order chi connectivity index (χ1) is 15.7. The van der Waals surface area contributed by atoms with E-state index in [0.29, 0.717) is 18.0 Å². The number of pyridine rings is 2. The lowest BCUT2D eigenvalue weighted by molar-refractivity contribution is -0.118. The fourth-order valence-electron chi connectivity index (χ4n) is 3.85. The van der Waals surface area contributed by atoms with E-state index >= 15 is 0 Å². The van der Waals surface area contributed by atoms with Crippen molar-refractivity contribution in [1.82, 2.24) is 9.97 Å². The molecule has 0 amide bonds. The number of rotatable bonds is 7. The molecule has 0 saturated heterocycles. The van der Waals surface area contributed by atoms with E-state index in [9.17, 15) is 13.2 Å². The molecule has 3 heterocycles. The van der Waals surface area contributed by atoms with Gasteiger partial charge in [0.15, 0.2) is 20.7 Å². The molecule has 2 atom stereocenters. The third-order valence-electron chi connectivity index (χ3n) is 6.27. The lowest BCUT2D eigenvalue weighted by Crippen LogP contribution is -2.36. The quantitative estimate of drug-likeness (QED) is 0.565. The smallest absolute Gasteiger partial charge is 0.201 e. The van der Waals surface area contributed by atoms with Gasteiger partial charge in [0, 0.05) is 12.1 Å². The monoisotopic (exact) mass is 490 g/mol. The van der Waals surface area contributed by atoms with Gasteiger partial charge in [0.25, 0.3) is 0 Å². The largest absolute Gasteiger partial charge is 0.336 e. The van der Waals surface area contributed by atoms with Gasteiger partial charge in [0.05, 0.1) is 23.7 Å². The number of fused-ring (bicyclic) bond motifs is 1. The second-order valence-corrected chi connectivity index (χ2v) is 11.0. The average molecular weight is 491 g/mol. The molecule has 2 aromatic heterocycles. The molecule has 178 valence electrons. The van der Waals surface area contributed by atoms with Gasteiger partial charge in [-0.15, -0.1) is 0 Å². The number of ketones is 1. The van der Waals surface area contributed by atoms with Crippen LogP contribution in [0.4, 0.5) is 5.69 Å². The molecule has 0 aliphatic carbocycles. The van der Waals surface area contributed by atoms with Crippen LogP contribution in [-0.4, -0.2) is 35.8 Å². The predicted octanol–water partition coefficient (Wildman–Crippen LogP) is 4.67. The number of aryl methyl sites for hydroxylation is 2. The van der Waals surface area contributed by atoms with E-state index in [0.717, 1.165) is 35.3 Å². The zero-order valence-electron chi connectivity index (χ0n) is 19.6. The summed E-state index contributed by atoms with van der Waals surface area (Å²) in [5, 5.41) is 3.78. The SMILES string of the molecule is CCc1cc2c(nc1Cl)CCC(C(C)CC)C(=O)C(=NCc1ccc(S(=O)(=O)CC)nc1)N2. The molecule has 3 rings (SSSR count). The highest BCUT2D eigenvalue weighted by molar-refractivity contribution is 7.91. The molecule has 1 aliphatic rings. The van der Waals surface area contributed by atoms with Gasteiger partial charge < -0.3 is 5.32 Å². The van der Waals surface area contributed by atoms with Gasteiger partial charge in [0.1, 0.15) is 5.15 Å². The van der Waals surface area contributed by atoms with Crippen LogP contribution >= 0.6 is 11.6 Å². The highest BCUT2D eigenvalue weighted by Gasteiger charge is 2.31. The highest BCUT2D eigenvalue weighted by atomic mass is 35.5. The molecule has 2 unspecified atom stereocenters. The summed E-state index contributed by atoms with van der Waals surface area (Å²) in [5.41, 5.74) is 3.22. The first-order valence-corrected chi connectivity index (χ1v) is 13.4. The summed E-state index contributed by atoms with van der Waals surface area (Å²) in [6, 6.07) is 5.12. The summed E-state index contributed by atoms with van der Waals surface area (Å²) < 4.78 is 24.0. The minimum Gasteiger partial charge on any atom is -0.336 e. The van der Waals surface area contributed by atoms with Crippen molar-refractivity contribution in [2.75, 3.05) is 11.1 Å². The van der Waals surface area contributed by atoms with Crippen molar-refractivity contribution in [3.63, 3.8) is 0 Å². The van der Waals surface area contributed by atoms with Crippen LogP contribution in [0, 0.1) is 11.8 Å². The van der Waals surface area contributed by atoms with E-state index in [-0.39, 0.29) is 40.8 Å². The van der Waals surface area contributed by atoms with Crippen molar-refractivity contribution in [3.05, 3.63) is 46.4 Å². The van der Waals surface area contributed by atoms with Gasteiger partial charge in [-0.2, -0.15) is 0 Å². The topological polar surface area (TPSA) is 101 Å². The fraction of sp³-hybridized carbons (Fsp3) is 0.500. The number of aromatic nitrogens is 2. The van der Waals surface area contributed by atoms with Crippen LogP contribution in [0.25, 0.3) is 0 Å². The molecule has 0 saturated carbocycles. The number of halogens is 1. The summed E-state index contributed by atoms with van der Waals surface area (Å²) in [7, 11) is -3.36. The highest BCUT2D eigenvalue weighted by Crippen LogP contribution is 2.30. The summed E-state index contributed by atoms with van der Waals surface area (Å²) >= 11 is 6.36. The Morgan fingerprint density at radius 3 is 2.64 bits per heavy atom. The molecule has 7 nitrogen and oxygen atoms in total. The normalized spacial score (nSPS) is 18.9. The van der Waals surface area contributed by atoms with Crippen molar-refractivity contribution < 1.29 is 13.2 Å². The summed E-state index contributed by atoms with van der Waals surface area (Å²) in [6.07, 6.45) is 4.46. The van der Waals surface area contributed by atoms with Crippen LogP contribution in [-0.2, 0) is 34.0 Å². The Morgan fingerprint density at radius 2 is 2.03 bits per heavy atom. The lowest BCUT2D eigenvalue weighted by atomic mass is 9.82. The van der Waals surface area contributed by atoms with E-state index in [1.807, 2.05) is 13.0 Å². The van der Waals surface area contributed by atoms with Crippen molar-refractivity contribution in [2.24, 2.45) is 16.8 Å². The summed E-state index contributed by atoms with van der Waals surface area (Å²) in [5.74, 6) is 0.306. The maximum atomic E-state index is 13.4. The van der Waals surface area contributed by atoms with Gasteiger partial charge in [0.2, 0.25) is 5.78 Å². The van der Waals surface area contributed by atoms with Crippen LogP contribution < -0.4 is 5.32 Å². The molecule has 0 radical (unpaired) electrons. The van der Waals surface area contributed by atoms with Crippen molar-refractivity contribution >= 4 is 38.7 Å². The number of Topliss-reactive ketones (excluding diaryl/α,β-unsaturated/α-hetero) is 1. The predicted molar refractivity (Wildman–Crippen MR) is 132 cm³/mol. The number of carbonyl (C=O) groups excluding carboxylic acids is 1. The molecule has 33 heavy (non-hydrogen) atoms. The Labute approximate surface area is 201 Å². The van der Waals surface area contributed by atoms with E-state index in [1.165, 1.54) is 12.3 Å². The molecule has 0 aromatic carbocycles.